The molecule has 0 spiro atoms. The van der Waals surface area contributed by atoms with Crippen LogP contribution in [-0.4, -0.2) is 37.6 Å². The summed E-state index contributed by atoms with van der Waals surface area (Å²) < 4.78 is 9.81. The summed E-state index contributed by atoms with van der Waals surface area (Å²) in [4.78, 5) is 37.6. The minimum atomic E-state index is -2.07. The molecular formula is C22H23NO5. The van der Waals surface area contributed by atoms with E-state index in [1.807, 2.05) is 36.4 Å². The molecule has 6 heteroatoms. The smallest absolute Gasteiger partial charge is 0.344 e. The summed E-state index contributed by atoms with van der Waals surface area (Å²) in [5.74, 6) is -3.26. The number of hydrogen-bond acceptors (Lipinski definition) is 5. The molecule has 6 nitrogen and oxygen atoms in total. The number of ether oxygens (including phenoxy) is 2. The first kappa shape index (κ1) is 20.9. The molecule has 0 radical (unpaired) electrons. The highest BCUT2D eigenvalue weighted by atomic mass is 16.5. The van der Waals surface area contributed by atoms with Crippen LogP contribution < -0.4 is 5.32 Å². The van der Waals surface area contributed by atoms with Crippen LogP contribution in [0.5, 0.6) is 0 Å². The fourth-order valence-corrected chi connectivity index (χ4v) is 3.05. The maximum Gasteiger partial charge on any atom is 0.344 e. The van der Waals surface area contributed by atoms with Crippen molar-refractivity contribution < 1.29 is 23.9 Å². The van der Waals surface area contributed by atoms with E-state index in [-0.39, 0.29) is 0 Å². The maximum atomic E-state index is 12.8. The molecule has 0 aliphatic heterocycles. The zero-order chi connectivity index (χ0) is 20.6. The van der Waals surface area contributed by atoms with E-state index in [4.69, 9.17) is 9.47 Å². The first-order valence-electron chi connectivity index (χ1n) is 8.69. The number of amides is 1. The number of nitrogens with one attached hydrogen (secondary N) is 1. The van der Waals surface area contributed by atoms with Crippen LogP contribution in [0.3, 0.4) is 0 Å². The second kappa shape index (κ2) is 9.50. The van der Waals surface area contributed by atoms with E-state index in [1.165, 1.54) is 6.92 Å². The Balaban J connectivity index is 2.70. The zero-order valence-electron chi connectivity index (χ0n) is 16.0. The number of methoxy groups -OCH3 is 2. The Kier molecular flexibility index (Phi) is 7.09. The molecule has 1 N–H and O–H groups in total. The van der Waals surface area contributed by atoms with Gasteiger partial charge in [0.15, 0.2) is 0 Å². The first-order chi connectivity index (χ1) is 13.5. The lowest BCUT2D eigenvalue weighted by molar-refractivity contribution is -0.166. The molecule has 0 saturated heterocycles. The molecule has 0 aliphatic carbocycles. The van der Waals surface area contributed by atoms with Gasteiger partial charge < -0.3 is 14.8 Å². The SMILES string of the molecule is COC(=O)C(NC(C)=O)(C(=O)OC)[C@H](/C=C/c1ccccc1)c1ccccc1. The molecular weight excluding hydrogens is 358 g/mol. The summed E-state index contributed by atoms with van der Waals surface area (Å²) in [7, 11) is 2.32. The van der Waals surface area contributed by atoms with Gasteiger partial charge in [-0.05, 0) is 11.1 Å². The Labute approximate surface area is 164 Å². The van der Waals surface area contributed by atoms with E-state index < -0.39 is 29.3 Å². The second-order valence-corrected chi connectivity index (χ2v) is 6.13. The highest BCUT2D eigenvalue weighted by molar-refractivity contribution is 6.09. The van der Waals surface area contributed by atoms with Crippen molar-refractivity contribution in [2.24, 2.45) is 0 Å². The molecule has 0 bridgehead atoms. The zero-order valence-corrected chi connectivity index (χ0v) is 16.0. The average molecular weight is 381 g/mol. The second-order valence-electron chi connectivity index (χ2n) is 6.13. The molecule has 0 aromatic heterocycles. The Bertz CT molecular complexity index is 830. The van der Waals surface area contributed by atoms with Gasteiger partial charge in [0.2, 0.25) is 11.4 Å². The molecule has 1 atom stereocenters. The lowest BCUT2D eigenvalue weighted by Crippen LogP contribution is -2.63. The molecule has 0 aliphatic rings. The molecule has 28 heavy (non-hydrogen) atoms. The molecule has 0 saturated carbocycles. The topological polar surface area (TPSA) is 81.7 Å². The van der Waals surface area contributed by atoms with Gasteiger partial charge in [-0.1, -0.05) is 72.8 Å². The van der Waals surface area contributed by atoms with Crippen LogP contribution in [0.2, 0.25) is 0 Å². The third-order valence-corrected chi connectivity index (χ3v) is 4.29. The van der Waals surface area contributed by atoms with Crippen molar-refractivity contribution in [1.82, 2.24) is 5.32 Å². The summed E-state index contributed by atoms with van der Waals surface area (Å²) in [5.41, 5.74) is -0.559. The average Bonchev–Trinajstić information content (AvgIpc) is 2.73. The van der Waals surface area contributed by atoms with Gasteiger partial charge in [0.1, 0.15) is 0 Å². The van der Waals surface area contributed by atoms with Crippen molar-refractivity contribution in [3.8, 4) is 0 Å². The fraction of sp³-hybridized carbons (Fsp3) is 0.227. The van der Waals surface area contributed by atoms with E-state index in [1.54, 1.807) is 36.4 Å². The molecule has 0 heterocycles. The third-order valence-electron chi connectivity index (χ3n) is 4.29. The number of carbonyl (C=O) groups is 3. The van der Waals surface area contributed by atoms with Crippen LogP contribution in [0.4, 0.5) is 0 Å². The normalized spacial score (nSPS) is 12.2. The monoisotopic (exact) mass is 381 g/mol. The molecule has 2 aromatic rings. The summed E-state index contributed by atoms with van der Waals surface area (Å²) in [6.07, 6.45) is 3.47. The van der Waals surface area contributed by atoms with E-state index in [2.05, 4.69) is 5.32 Å². The van der Waals surface area contributed by atoms with Crippen molar-refractivity contribution in [2.45, 2.75) is 18.4 Å². The van der Waals surface area contributed by atoms with Crippen molar-refractivity contribution in [3.05, 3.63) is 77.9 Å². The quantitative estimate of drug-likeness (QED) is 0.589. The maximum absolute atomic E-state index is 12.8. The van der Waals surface area contributed by atoms with Gasteiger partial charge in [-0.15, -0.1) is 0 Å². The van der Waals surface area contributed by atoms with E-state index in [9.17, 15) is 14.4 Å². The van der Waals surface area contributed by atoms with Crippen LogP contribution in [-0.2, 0) is 23.9 Å². The van der Waals surface area contributed by atoms with E-state index in [0.717, 1.165) is 19.8 Å². The third kappa shape index (κ3) is 4.46. The van der Waals surface area contributed by atoms with Crippen molar-refractivity contribution in [1.29, 1.82) is 0 Å². The largest absolute Gasteiger partial charge is 0.467 e. The van der Waals surface area contributed by atoms with Crippen molar-refractivity contribution >= 4 is 23.9 Å². The summed E-state index contributed by atoms with van der Waals surface area (Å²) in [6, 6.07) is 18.3. The summed E-state index contributed by atoms with van der Waals surface area (Å²) >= 11 is 0. The number of esters is 2. The minimum Gasteiger partial charge on any atom is -0.467 e. The summed E-state index contributed by atoms with van der Waals surface area (Å²) in [5, 5.41) is 2.49. The number of carbonyl (C=O) groups excluding carboxylic acids is 3. The first-order valence-corrected chi connectivity index (χ1v) is 8.69. The van der Waals surface area contributed by atoms with Crippen molar-refractivity contribution in [3.63, 3.8) is 0 Å². The number of benzene rings is 2. The lowest BCUT2D eigenvalue weighted by atomic mass is 9.78. The number of rotatable bonds is 7. The van der Waals surface area contributed by atoms with Gasteiger partial charge in [0, 0.05) is 12.8 Å². The molecule has 1 amide bonds. The van der Waals surface area contributed by atoms with Gasteiger partial charge in [-0.2, -0.15) is 0 Å². The standard InChI is InChI=1S/C22H23NO5/c1-16(24)23-22(20(25)27-2,21(26)28-3)19(18-12-8-5-9-13-18)15-14-17-10-6-4-7-11-17/h4-15,19H,1-3H3,(H,23,24)/b15-14+/t19-/m1/s1. The summed E-state index contributed by atoms with van der Waals surface area (Å²) in [6.45, 7) is 1.23. The van der Waals surface area contributed by atoms with Gasteiger partial charge in [-0.25, -0.2) is 9.59 Å². The van der Waals surface area contributed by atoms with E-state index in [0.29, 0.717) is 5.56 Å². The van der Waals surface area contributed by atoms with E-state index >= 15 is 0 Å². The fourth-order valence-electron chi connectivity index (χ4n) is 3.05. The van der Waals surface area contributed by atoms with Crippen LogP contribution in [0.25, 0.3) is 6.08 Å². The Morgan fingerprint density at radius 1 is 0.893 bits per heavy atom. The molecule has 2 aromatic carbocycles. The lowest BCUT2D eigenvalue weighted by Gasteiger charge is -2.34. The highest BCUT2D eigenvalue weighted by Gasteiger charge is 2.55. The number of hydrogen-bond donors (Lipinski definition) is 1. The Morgan fingerprint density at radius 3 is 1.86 bits per heavy atom. The molecule has 0 fully saturated rings. The molecule has 2 rings (SSSR count). The van der Waals surface area contributed by atoms with Gasteiger partial charge >= 0.3 is 11.9 Å². The van der Waals surface area contributed by atoms with Crippen LogP contribution in [0.1, 0.15) is 24.0 Å². The Hall–Kier alpha value is -3.41. The van der Waals surface area contributed by atoms with Crippen LogP contribution >= 0.6 is 0 Å². The predicted molar refractivity (Wildman–Crippen MR) is 105 cm³/mol. The van der Waals surface area contributed by atoms with Crippen LogP contribution in [0.15, 0.2) is 66.7 Å². The molecule has 0 unspecified atom stereocenters. The van der Waals surface area contributed by atoms with Gasteiger partial charge in [-0.3, -0.25) is 4.79 Å². The highest BCUT2D eigenvalue weighted by Crippen LogP contribution is 2.33. The van der Waals surface area contributed by atoms with Crippen LogP contribution in [0, 0.1) is 0 Å². The Morgan fingerprint density at radius 2 is 1.39 bits per heavy atom. The van der Waals surface area contributed by atoms with Crippen molar-refractivity contribution in [2.75, 3.05) is 14.2 Å². The van der Waals surface area contributed by atoms with Gasteiger partial charge in [0.25, 0.3) is 0 Å². The molecule has 146 valence electrons. The van der Waals surface area contributed by atoms with Gasteiger partial charge in [0.05, 0.1) is 14.2 Å². The minimum absolute atomic E-state index is 0.565. The predicted octanol–water partition coefficient (Wildman–Crippen LogP) is 2.70.